The van der Waals surface area contributed by atoms with Gasteiger partial charge in [-0.3, -0.25) is 4.57 Å². The predicted octanol–water partition coefficient (Wildman–Crippen LogP) is 3.71. The van der Waals surface area contributed by atoms with E-state index in [1.54, 1.807) is 25.1 Å². The molecule has 0 saturated carbocycles. The van der Waals surface area contributed by atoms with Gasteiger partial charge in [0, 0.05) is 7.11 Å². The minimum absolute atomic E-state index is 0.0221. The Morgan fingerprint density at radius 3 is 2.02 bits per heavy atom. The highest BCUT2D eigenvalue weighted by Gasteiger charge is 2.48. The molecule has 2 aromatic heterocycles. The molecule has 0 unspecified atom stereocenters. The Kier molecular flexibility index (Phi) is 7.96. The average Bonchev–Trinajstić information content (AvgIpc) is 3.63. The van der Waals surface area contributed by atoms with Crippen LogP contribution in [0.15, 0.2) is 91.5 Å². The highest BCUT2D eigenvalue weighted by atomic mass is 16.6. The Hall–Kier alpha value is -4.55. The number of ether oxygens (including phenoxy) is 5. The van der Waals surface area contributed by atoms with Crippen molar-refractivity contribution in [1.82, 2.24) is 19.5 Å². The van der Waals surface area contributed by atoms with Crippen LogP contribution in [0.4, 0.5) is 5.82 Å². The third-order valence-electron chi connectivity index (χ3n) is 7.88. The number of aliphatic hydroxyl groups is 1. The molecule has 3 heterocycles. The molecule has 43 heavy (non-hydrogen) atoms. The molecule has 11 heteroatoms. The van der Waals surface area contributed by atoms with Crippen LogP contribution < -0.4 is 15.2 Å². The predicted molar refractivity (Wildman–Crippen MR) is 159 cm³/mol. The number of imidazole rings is 1. The Morgan fingerprint density at radius 1 is 0.837 bits per heavy atom. The zero-order chi connectivity index (χ0) is 30.0. The number of benzene rings is 3. The first-order chi connectivity index (χ1) is 21.0. The lowest BCUT2D eigenvalue weighted by atomic mass is 9.80. The van der Waals surface area contributed by atoms with E-state index >= 15 is 0 Å². The quantitative estimate of drug-likeness (QED) is 0.234. The first-order valence-electron chi connectivity index (χ1n) is 13.8. The molecular weight excluding hydrogens is 550 g/mol. The Morgan fingerprint density at radius 2 is 1.44 bits per heavy atom. The van der Waals surface area contributed by atoms with Gasteiger partial charge in [-0.25, -0.2) is 15.0 Å². The fourth-order valence-electron chi connectivity index (χ4n) is 5.67. The van der Waals surface area contributed by atoms with Crippen LogP contribution in [-0.4, -0.2) is 70.9 Å². The number of rotatable bonds is 10. The maximum absolute atomic E-state index is 11.4. The SMILES string of the molecule is COc1ccc(C(OC[C@H]2O[C@@H](n3cnc4c(N)ncnc43)[C@H](OC)[C@@H]2O)(c2ccccc2)c2ccc(OC)cc2)cc1. The molecule has 1 fully saturated rings. The van der Waals surface area contributed by atoms with Crippen LogP contribution in [0.3, 0.4) is 0 Å². The number of anilines is 1. The van der Waals surface area contributed by atoms with Gasteiger partial charge in [-0.2, -0.15) is 0 Å². The number of aromatic nitrogens is 4. The second-order valence-electron chi connectivity index (χ2n) is 10.2. The fourth-order valence-corrected chi connectivity index (χ4v) is 5.67. The molecule has 3 aromatic carbocycles. The minimum atomic E-state index is -1.08. The van der Waals surface area contributed by atoms with Gasteiger partial charge in [0.2, 0.25) is 0 Å². The Balaban J connectivity index is 1.40. The van der Waals surface area contributed by atoms with Gasteiger partial charge in [0.1, 0.15) is 47.3 Å². The summed E-state index contributed by atoms with van der Waals surface area (Å²) >= 11 is 0. The van der Waals surface area contributed by atoms with Gasteiger partial charge in [0.25, 0.3) is 0 Å². The molecular formula is C32H33N5O6. The standard InChI is InChI=1S/C32H33N5O6/c1-39-23-13-9-21(10-14-23)32(20-7-5-4-6-8-20,22-11-15-24(40-2)16-12-22)42-17-25-27(38)28(41-3)31(43-25)37-19-36-26-29(33)34-18-35-30(26)37/h4-16,18-19,25,27-28,31,38H,17H2,1-3H3,(H2,33,34,35)/t25-,27-,28-,31-/m1/s1. The summed E-state index contributed by atoms with van der Waals surface area (Å²) in [6.45, 7) is 0.0221. The normalized spacial score (nSPS) is 20.4. The molecule has 1 aliphatic rings. The van der Waals surface area contributed by atoms with Crippen LogP contribution in [0.1, 0.15) is 22.9 Å². The summed E-state index contributed by atoms with van der Waals surface area (Å²) in [4.78, 5) is 12.7. The number of hydrogen-bond acceptors (Lipinski definition) is 10. The zero-order valence-electron chi connectivity index (χ0n) is 24.0. The topological polar surface area (TPSA) is 136 Å². The number of fused-ring (bicyclic) bond motifs is 1. The van der Waals surface area contributed by atoms with E-state index in [0.717, 1.165) is 28.2 Å². The third-order valence-corrected chi connectivity index (χ3v) is 7.88. The van der Waals surface area contributed by atoms with Crippen LogP contribution >= 0.6 is 0 Å². The van der Waals surface area contributed by atoms with E-state index in [4.69, 9.17) is 29.4 Å². The van der Waals surface area contributed by atoms with E-state index in [-0.39, 0.29) is 12.4 Å². The van der Waals surface area contributed by atoms with Gasteiger partial charge in [0.05, 0.1) is 27.2 Å². The largest absolute Gasteiger partial charge is 0.497 e. The van der Waals surface area contributed by atoms with Crippen molar-refractivity contribution in [2.24, 2.45) is 0 Å². The van der Waals surface area contributed by atoms with E-state index in [1.807, 2.05) is 78.9 Å². The monoisotopic (exact) mass is 583 g/mol. The molecule has 0 spiro atoms. The fraction of sp³-hybridized carbons (Fsp3) is 0.281. The second kappa shape index (κ2) is 12.0. The van der Waals surface area contributed by atoms with Crippen molar-refractivity contribution < 1.29 is 28.8 Å². The van der Waals surface area contributed by atoms with Gasteiger partial charge in [-0.15, -0.1) is 0 Å². The van der Waals surface area contributed by atoms with Crippen LogP contribution in [0.2, 0.25) is 0 Å². The molecule has 1 saturated heterocycles. The van der Waals surface area contributed by atoms with E-state index < -0.39 is 30.1 Å². The summed E-state index contributed by atoms with van der Waals surface area (Å²) < 4.78 is 31.7. The van der Waals surface area contributed by atoms with E-state index in [9.17, 15) is 5.11 Å². The molecule has 0 bridgehead atoms. The van der Waals surface area contributed by atoms with Gasteiger partial charge >= 0.3 is 0 Å². The van der Waals surface area contributed by atoms with Gasteiger partial charge in [0.15, 0.2) is 17.7 Å². The summed E-state index contributed by atoms with van der Waals surface area (Å²) in [5.74, 6) is 1.69. The van der Waals surface area contributed by atoms with Crippen LogP contribution in [0, 0.1) is 0 Å². The first-order valence-corrected chi connectivity index (χ1v) is 13.8. The Labute approximate surface area is 248 Å². The van der Waals surface area contributed by atoms with Crippen molar-refractivity contribution in [3.8, 4) is 11.5 Å². The molecule has 5 aromatic rings. The number of hydrogen-bond donors (Lipinski definition) is 2. The lowest BCUT2D eigenvalue weighted by molar-refractivity contribution is -0.0948. The lowest BCUT2D eigenvalue weighted by Crippen LogP contribution is -2.40. The maximum atomic E-state index is 11.4. The molecule has 3 N–H and O–H groups in total. The van der Waals surface area contributed by atoms with E-state index in [0.29, 0.717) is 11.2 Å². The average molecular weight is 584 g/mol. The third kappa shape index (κ3) is 5.06. The number of aliphatic hydroxyl groups excluding tert-OH is 1. The van der Waals surface area contributed by atoms with E-state index in [2.05, 4.69) is 15.0 Å². The number of nitrogens with zero attached hydrogens (tertiary/aromatic N) is 4. The van der Waals surface area contributed by atoms with Crippen molar-refractivity contribution in [1.29, 1.82) is 0 Å². The van der Waals surface area contributed by atoms with Gasteiger partial charge in [-0.1, -0.05) is 54.6 Å². The maximum Gasteiger partial charge on any atom is 0.167 e. The van der Waals surface area contributed by atoms with Crippen LogP contribution in [-0.2, 0) is 19.8 Å². The zero-order valence-corrected chi connectivity index (χ0v) is 24.0. The summed E-state index contributed by atoms with van der Waals surface area (Å²) in [6, 6.07) is 25.4. The molecule has 222 valence electrons. The highest BCUT2D eigenvalue weighted by molar-refractivity contribution is 5.81. The minimum Gasteiger partial charge on any atom is -0.497 e. The summed E-state index contributed by atoms with van der Waals surface area (Å²) in [6.07, 6.45) is -0.318. The molecule has 6 rings (SSSR count). The summed E-state index contributed by atoms with van der Waals surface area (Å²) in [7, 11) is 4.79. The molecule has 0 aliphatic carbocycles. The Bertz CT molecular complexity index is 1610. The number of methoxy groups -OCH3 is 3. The van der Waals surface area contributed by atoms with Crippen molar-refractivity contribution in [3.05, 3.63) is 108 Å². The highest BCUT2D eigenvalue weighted by Crippen LogP contribution is 2.43. The lowest BCUT2D eigenvalue weighted by Gasteiger charge is -2.37. The molecule has 0 radical (unpaired) electrons. The molecule has 0 amide bonds. The number of nitrogen functional groups attached to an aromatic ring is 1. The van der Waals surface area contributed by atoms with E-state index in [1.165, 1.54) is 13.4 Å². The smallest absolute Gasteiger partial charge is 0.167 e. The molecule has 11 nitrogen and oxygen atoms in total. The van der Waals surface area contributed by atoms with Crippen LogP contribution in [0.25, 0.3) is 11.2 Å². The van der Waals surface area contributed by atoms with Gasteiger partial charge < -0.3 is 34.5 Å². The summed E-state index contributed by atoms with van der Waals surface area (Å²) in [5.41, 5.74) is 8.47. The van der Waals surface area contributed by atoms with Crippen molar-refractivity contribution in [3.63, 3.8) is 0 Å². The van der Waals surface area contributed by atoms with Crippen LogP contribution in [0.5, 0.6) is 11.5 Å². The number of nitrogens with two attached hydrogens (primary N) is 1. The second-order valence-corrected chi connectivity index (χ2v) is 10.2. The van der Waals surface area contributed by atoms with Crippen molar-refractivity contribution in [2.75, 3.05) is 33.7 Å². The first kappa shape index (κ1) is 28.6. The van der Waals surface area contributed by atoms with Crippen molar-refractivity contribution >= 4 is 17.0 Å². The van der Waals surface area contributed by atoms with Gasteiger partial charge in [-0.05, 0) is 41.0 Å². The summed E-state index contributed by atoms with van der Waals surface area (Å²) in [5, 5.41) is 11.4. The van der Waals surface area contributed by atoms with Crippen molar-refractivity contribution in [2.45, 2.75) is 30.1 Å². The molecule has 4 atom stereocenters. The molecule has 1 aliphatic heterocycles.